The molecule has 0 atom stereocenters. The average Bonchev–Trinajstić information content (AvgIpc) is 2.42. The lowest BCUT2D eigenvalue weighted by Crippen LogP contribution is -2.51. The molecule has 0 amide bonds. The molecule has 5 heteroatoms. The first-order chi connectivity index (χ1) is 9.70. The van der Waals surface area contributed by atoms with Crippen LogP contribution in [0.4, 0.5) is 11.5 Å². The summed E-state index contributed by atoms with van der Waals surface area (Å²) < 4.78 is 0. The Kier molecular flexibility index (Phi) is 2.69. The predicted molar refractivity (Wildman–Crippen MR) is 75.3 cm³/mol. The molecule has 0 aliphatic heterocycles. The van der Waals surface area contributed by atoms with Gasteiger partial charge in [-0.1, -0.05) is 0 Å². The highest BCUT2D eigenvalue weighted by Crippen LogP contribution is 2.54. The van der Waals surface area contributed by atoms with Crippen molar-refractivity contribution in [2.24, 2.45) is 23.7 Å². The van der Waals surface area contributed by atoms with Gasteiger partial charge in [-0.15, -0.1) is 0 Å². The molecule has 4 fully saturated rings. The van der Waals surface area contributed by atoms with Gasteiger partial charge in [-0.25, -0.2) is 4.98 Å². The van der Waals surface area contributed by atoms with Crippen molar-refractivity contribution < 1.29 is 4.92 Å². The molecule has 5 rings (SSSR count). The molecular weight excluding hydrogens is 254 g/mol. The summed E-state index contributed by atoms with van der Waals surface area (Å²) in [6.45, 7) is 0. The molecule has 4 aliphatic rings. The summed E-state index contributed by atoms with van der Waals surface area (Å²) in [7, 11) is 0. The fourth-order valence-electron chi connectivity index (χ4n) is 4.97. The molecule has 0 aromatic carbocycles. The zero-order valence-corrected chi connectivity index (χ0v) is 11.4. The van der Waals surface area contributed by atoms with Crippen LogP contribution in [0.5, 0.6) is 0 Å². The zero-order chi connectivity index (χ0) is 13.7. The van der Waals surface area contributed by atoms with Crippen LogP contribution < -0.4 is 5.32 Å². The zero-order valence-electron chi connectivity index (χ0n) is 11.4. The van der Waals surface area contributed by atoms with Gasteiger partial charge < -0.3 is 5.32 Å². The normalized spacial score (nSPS) is 37.9. The Morgan fingerprint density at radius 2 is 1.80 bits per heavy atom. The van der Waals surface area contributed by atoms with Gasteiger partial charge in [0.2, 0.25) is 5.82 Å². The highest BCUT2D eigenvalue weighted by Gasteiger charge is 2.48. The van der Waals surface area contributed by atoms with E-state index in [-0.39, 0.29) is 10.6 Å². The van der Waals surface area contributed by atoms with E-state index < -0.39 is 0 Å². The fraction of sp³-hybridized carbons (Fsp3) is 0.667. The topological polar surface area (TPSA) is 68.1 Å². The number of hydrogen-bond donors (Lipinski definition) is 1. The van der Waals surface area contributed by atoms with E-state index in [1.165, 1.54) is 38.2 Å². The number of pyridine rings is 1. The number of aromatic nitrogens is 1. The lowest BCUT2D eigenvalue weighted by molar-refractivity contribution is -0.384. The minimum absolute atomic E-state index is 0.0984. The van der Waals surface area contributed by atoms with Crippen LogP contribution in [0.3, 0.4) is 0 Å². The van der Waals surface area contributed by atoms with E-state index in [9.17, 15) is 10.1 Å². The van der Waals surface area contributed by atoms with Gasteiger partial charge in [0.25, 0.3) is 0 Å². The Morgan fingerprint density at radius 3 is 2.40 bits per heavy atom. The van der Waals surface area contributed by atoms with E-state index in [2.05, 4.69) is 10.3 Å². The van der Waals surface area contributed by atoms with E-state index in [0.29, 0.717) is 23.7 Å². The molecule has 0 radical (unpaired) electrons. The Morgan fingerprint density at radius 1 is 1.15 bits per heavy atom. The quantitative estimate of drug-likeness (QED) is 0.678. The van der Waals surface area contributed by atoms with E-state index in [1.54, 1.807) is 12.3 Å². The second kappa shape index (κ2) is 4.43. The number of anilines is 1. The van der Waals surface area contributed by atoms with Crippen molar-refractivity contribution in [3.05, 3.63) is 28.4 Å². The Balaban J connectivity index is 1.59. The smallest absolute Gasteiger partial charge is 0.311 e. The van der Waals surface area contributed by atoms with Gasteiger partial charge in [-0.2, -0.15) is 0 Å². The predicted octanol–water partition coefficient (Wildman–Crippen LogP) is 3.23. The maximum absolute atomic E-state index is 11.1. The number of nitro groups is 1. The highest BCUT2D eigenvalue weighted by molar-refractivity contribution is 5.56. The summed E-state index contributed by atoms with van der Waals surface area (Å²) in [5, 5.41) is 14.5. The van der Waals surface area contributed by atoms with Gasteiger partial charge >= 0.3 is 5.69 Å². The van der Waals surface area contributed by atoms with Gasteiger partial charge in [0.15, 0.2) is 0 Å². The number of rotatable bonds is 3. The lowest BCUT2D eigenvalue weighted by atomic mass is 9.54. The van der Waals surface area contributed by atoms with Crippen molar-refractivity contribution in [1.82, 2.24) is 4.98 Å². The molecule has 4 bridgehead atoms. The summed E-state index contributed by atoms with van der Waals surface area (Å²) in [4.78, 5) is 15.0. The minimum atomic E-state index is -0.342. The molecule has 106 valence electrons. The third-order valence-electron chi connectivity index (χ3n) is 5.51. The van der Waals surface area contributed by atoms with Crippen LogP contribution in [0.25, 0.3) is 0 Å². The second-order valence-corrected chi connectivity index (χ2v) is 6.73. The molecule has 4 saturated carbocycles. The average molecular weight is 273 g/mol. The third-order valence-corrected chi connectivity index (χ3v) is 5.51. The van der Waals surface area contributed by atoms with Gasteiger partial charge in [0.1, 0.15) is 0 Å². The number of nitrogens with one attached hydrogen (secondary N) is 1. The maximum atomic E-state index is 11.1. The summed E-state index contributed by atoms with van der Waals surface area (Å²) in [5.41, 5.74) is 0.0984. The molecule has 1 aromatic rings. The summed E-state index contributed by atoms with van der Waals surface area (Å²) in [5.74, 6) is 3.65. The summed E-state index contributed by atoms with van der Waals surface area (Å²) in [6, 6.07) is 3.54. The Labute approximate surface area is 117 Å². The number of hydrogen-bond acceptors (Lipinski definition) is 4. The van der Waals surface area contributed by atoms with Gasteiger partial charge in [0.05, 0.1) is 4.92 Å². The Bertz CT molecular complexity index is 518. The third kappa shape index (κ3) is 1.87. The molecule has 0 saturated heterocycles. The van der Waals surface area contributed by atoms with Crippen LogP contribution in [0.1, 0.15) is 32.1 Å². The molecule has 1 heterocycles. The van der Waals surface area contributed by atoms with Crippen LogP contribution in [0.15, 0.2) is 18.3 Å². The van der Waals surface area contributed by atoms with Crippen LogP contribution in [0.2, 0.25) is 0 Å². The van der Waals surface area contributed by atoms with Gasteiger partial charge in [-0.05, 0) is 61.8 Å². The molecule has 20 heavy (non-hydrogen) atoms. The molecule has 1 aromatic heterocycles. The van der Waals surface area contributed by atoms with Crippen molar-refractivity contribution in [1.29, 1.82) is 0 Å². The first-order valence-electron chi connectivity index (χ1n) is 7.56. The van der Waals surface area contributed by atoms with Crippen LogP contribution in [-0.4, -0.2) is 15.9 Å². The second-order valence-electron chi connectivity index (χ2n) is 6.73. The molecule has 0 unspecified atom stereocenters. The van der Waals surface area contributed by atoms with Crippen LogP contribution >= 0.6 is 0 Å². The molecule has 1 N–H and O–H groups in total. The van der Waals surface area contributed by atoms with Crippen molar-refractivity contribution >= 4 is 11.5 Å². The highest BCUT2D eigenvalue weighted by atomic mass is 16.6. The van der Waals surface area contributed by atoms with Crippen LogP contribution in [-0.2, 0) is 0 Å². The molecule has 5 nitrogen and oxygen atoms in total. The lowest BCUT2D eigenvalue weighted by Gasteiger charge is -2.54. The van der Waals surface area contributed by atoms with Gasteiger partial charge in [-0.3, -0.25) is 10.1 Å². The van der Waals surface area contributed by atoms with Crippen LogP contribution in [0, 0.1) is 33.8 Å². The maximum Gasteiger partial charge on any atom is 0.311 e. The van der Waals surface area contributed by atoms with Gasteiger partial charge in [0, 0.05) is 18.3 Å². The van der Waals surface area contributed by atoms with Crippen molar-refractivity contribution in [3.8, 4) is 0 Å². The largest absolute Gasteiger partial charge is 0.361 e. The minimum Gasteiger partial charge on any atom is -0.361 e. The Hall–Kier alpha value is -1.65. The molecule has 0 spiro atoms. The van der Waals surface area contributed by atoms with E-state index in [0.717, 1.165) is 11.8 Å². The van der Waals surface area contributed by atoms with E-state index in [4.69, 9.17) is 0 Å². The standard InChI is InChI=1S/C15H19N3O2/c19-18(20)13-2-1-3-16-15(13)17-14-11-5-9-4-10(7-11)8-12(14)6-9/h1-3,9-12,14H,4-8H2,(H,16,17). The van der Waals surface area contributed by atoms with E-state index in [1.807, 2.05) is 0 Å². The summed E-state index contributed by atoms with van der Waals surface area (Å²) >= 11 is 0. The first-order valence-corrected chi connectivity index (χ1v) is 7.56. The summed E-state index contributed by atoms with van der Waals surface area (Å²) in [6.07, 6.45) is 8.24. The molecular formula is C15H19N3O2. The fourth-order valence-corrected chi connectivity index (χ4v) is 4.97. The van der Waals surface area contributed by atoms with E-state index >= 15 is 0 Å². The first kappa shape index (κ1) is 12.1. The van der Waals surface area contributed by atoms with Crippen molar-refractivity contribution in [2.75, 3.05) is 5.32 Å². The monoisotopic (exact) mass is 273 g/mol. The molecule has 4 aliphatic carbocycles. The number of nitrogens with zero attached hydrogens (tertiary/aromatic N) is 2. The van der Waals surface area contributed by atoms with Crippen molar-refractivity contribution in [3.63, 3.8) is 0 Å². The van der Waals surface area contributed by atoms with Crippen molar-refractivity contribution in [2.45, 2.75) is 38.1 Å². The SMILES string of the molecule is O=[N+]([O-])c1cccnc1NC1C2CC3CC(C2)CC1C3.